The lowest BCUT2D eigenvalue weighted by Crippen LogP contribution is -2.55. The second-order valence-corrected chi connectivity index (χ2v) is 7.96. The highest BCUT2D eigenvalue weighted by atomic mass is 32.2. The van der Waals surface area contributed by atoms with Crippen LogP contribution in [0, 0.1) is 0 Å². The van der Waals surface area contributed by atoms with Gasteiger partial charge in [0.25, 0.3) is 0 Å². The summed E-state index contributed by atoms with van der Waals surface area (Å²) in [7, 11) is -1.25. The number of anilines is 1. The number of amides is 1. The molecule has 0 radical (unpaired) electrons. The third-order valence-corrected chi connectivity index (χ3v) is 4.51. The van der Waals surface area contributed by atoms with Crippen molar-refractivity contribution < 1.29 is 13.2 Å². The Balaban J connectivity index is 2.03. The smallest absolute Gasteiger partial charge is 0.246 e. The Morgan fingerprint density at radius 3 is 2.71 bits per heavy atom. The van der Waals surface area contributed by atoms with E-state index in [9.17, 15) is 13.2 Å². The van der Waals surface area contributed by atoms with E-state index in [-0.39, 0.29) is 24.7 Å². The van der Waals surface area contributed by atoms with Crippen LogP contribution in [-0.4, -0.2) is 79.7 Å². The molecule has 0 saturated carbocycles. The van der Waals surface area contributed by atoms with Gasteiger partial charge in [0.2, 0.25) is 5.91 Å². The van der Waals surface area contributed by atoms with Crippen molar-refractivity contribution in [3.63, 3.8) is 0 Å². The molecule has 1 fully saturated rings. The first-order valence-corrected chi connectivity index (χ1v) is 9.86. The highest BCUT2D eigenvalue weighted by Crippen LogP contribution is 2.16. The van der Waals surface area contributed by atoms with E-state index < -0.39 is 9.84 Å². The molecule has 134 valence electrons. The summed E-state index contributed by atoms with van der Waals surface area (Å²) in [5.74, 6) is 0.522. The van der Waals surface area contributed by atoms with Crippen LogP contribution in [-0.2, 0) is 21.7 Å². The van der Waals surface area contributed by atoms with E-state index in [0.717, 1.165) is 5.69 Å². The van der Waals surface area contributed by atoms with Crippen LogP contribution < -0.4 is 10.2 Å². The molecule has 0 bridgehead atoms. The van der Waals surface area contributed by atoms with Gasteiger partial charge in [-0.05, 0) is 6.92 Å². The number of aryl methyl sites for hydroxylation is 1. The van der Waals surface area contributed by atoms with E-state index in [4.69, 9.17) is 0 Å². The number of nitrogens with zero attached hydrogens (tertiary/aromatic N) is 5. The van der Waals surface area contributed by atoms with Gasteiger partial charge in [-0.25, -0.2) is 8.42 Å². The Morgan fingerprint density at radius 1 is 1.42 bits per heavy atom. The van der Waals surface area contributed by atoms with Gasteiger partial charge in [0.15, 0.2) is 5.96 Å². The second-order valence-electron chi connectivity index (χ2n) is 5.70. The molecule has 0 aromatic carbocycles. The summed E-state index contributed by atoms with van der Waals surface area (Å²) in [5.41, 5.74) is 0.779. The minimum absolute atomic E-state index is 0.00844. The van der Waals surface area contributed by atoms with Crippen LogP contribution in [0.3, 0.4) is 0 Å². The Hall–Kier alpha value is -2.10. The van der Waals surface area contributed by atoms with Gasteiger partial charge in [0.05, 0.1) is 24.2 Å². The number of aliphatic imine (C=N–C) groups is 1. The molecule has 24 heavy (non-hydrogen) atoms. The maximum atomic E-state index is 12.4. The number of hydrogen-bond acceptors (Lipinski definition) is 5. The van der Waals surface area contributed by atoms with Crippen LogP contribution in [0.25, 0.3) is 0 Å². The summed E-state index contributed by atoms with van der Waals surface area (Å²) >= 11 is 0. The Morgan fingerprint density at radius 2 is 2.17 bits per heavy atom. The fourth-order valence-electron chi connectivity index (χ4n) is 2.42. The first kappa shape index (κ1) is 18.2. The highest BCUT2D eigenvalue weighted by Gasteiger charge is 2.27. The predicted molar refractivity (Wildman–Crippen MR) is 92.8 cm³/mol. The summed E-state index contributed by atoms with van der Waals surface area (Å²) < 4.78 is 24.1. The van der Waals surface area contributed by atoms with Gasteiger partial charge in [-0.1, -0.05) is 0 Å². The SMILES string of the molecule is CCNC(=NCCS(C)(=O)=O)N1CCN(c2cnn(C)c2)C(=O)C1. The summed E-state index contributed by atoms with van der Waals surface area (Å²) in [6, 6.07) is 0. The van der Waals surface area contributed by atoms with E-state index in [1.807, 2.05) is 18.9 Å². The van der Waals surface area contributed by atoms with Crippen LogP contribution in [0.15, 0.2) is 17.4 Å². The molecule has 1 aliphatic rings. The van der Waals surface area contributed by atoms with Crippen LogP contribution in [0.1, 0.15) is 6.92 Å². The molecule has 1 aliphatic heterocycles. The lowest BCUT2D eigenvalue weighted by Gasteiger charge is -2.35. The maximum absolute atomic E-state index is 12.4. The fourth-order valence-corrected chi connectivity index (χ4v) is 2.84. The maximum Gasteiger partial charge on any atom is 0.246 e. The zero-order valence-electron chi connectivity index (χ0n) is 14.3. The molecule has 1 N–H and O–H groups in total. The number of piperazine rings is 1. The van der Waals surface area contributed by atoms with Crippen molar-refractivity contribution in [2.45, 2.75) is 6.92 Å². The van der Waals surface area contributed by atoms with Crippen molar-refractivity contribution in [3.05, 3.63) is 12.4 Å². The van der Waals surface area contributed by atoms with Crippen LogP contribution in [0.4, 0.5) is 5.69 Å². The number of aromatic nitrogens is 2. The predicted octanol–water partition coefficient (Wildman–Crippen LogP) is -0.921. The van der Waals surface area contributed by atoms with E-state index in [2.05, 4.69) is 15.4 Å². The van der Waals surface area contributed by atoms with E-state index in [1.165, 1.54) is 6.26 Å². The molecule has 0 spiro atoms. The monoisotopic (exact) mass is 356 g/mol. The van der Waals surface area contributed by atoms with E-state index >= 15 is 0 Å². The third-order valence-electron chi connectivity index (χ3n) is 3.58. The van der Waals surface area contributed by atoms with Crippen LogP contribution in [0.2, 0.25) is 0 Å². The lowest BCUT2D eigenvalue weighted by molar-refractivity contribution is -0.120. The average molecular weight is 356 g/mol. The largest absolute Gasteiger partial charge is 0.357 e. The van der Waals surface area contributed by atoms with Crippen molar-refractivity contribution in [2.24, 2.45) is 12.0 Å². The summed E-state index contributed by atoms with van der Waals surface area (Å²) in [6.45, 7) is 4.10. The van der Waals surface area contributed by atoms with Gasteiger partial charge in [-0.15, -0.1) is 0 Å². The van der Waals surface area contributed by atoms with Gasteiger partial charge >= 0.3 is 0 Å². The molecular formula is C14H24N6O3S. The van der Waals surface area contributed by atoms with Crippen molar-refractivity contribution >= 4 is 27.4 Å². The number of sulfone groups is 1. The molecule has 1 aromatic heterocycles. The Bertz CT molecular complexity index is 712. The van der Waals surface area contributed by atoms with Crippen molar-refractivity contribution in [3.8, 4) is 0 Å². The summed E-state index contributed by atoms with van der Waals surface area (Å²) in [5, 5.41) is 7.20. The molecule has 0 aliphatic carbocycles. The first-order valence-electron chi connectivity index (χ1n) is 7.80. The Labute approximate surface area is 142 Å². The zero-order chi connectivity index (χ0) is 17.7. The number of carbonyl (C=O) groups excluding carboxylic acids is 1. The molecular weight excluding hydrogens is 332 g/mol. The van der Waals surface area contributed by atoms with Gasteiger partial charge in [-0.3, -0.25) is 14.5 Å². The van der Waals surface area contributed by atoms with Crippen molar-refractivity contribution in [1.29, 1.82) is 0 Å². The number of guanidine groups is 1. The van der Waals surface area contributed by atoms with E-state index in [0.29, 0.717) is 25.6 Å². The van der Waals surface area contributed by atoms with Gasteiger partial charge < -0.3 is 15.1 Å². The number of rotatable bonds is 5. The average Bonchev–Trinajstić information content (AvgIpc) is 2.91. The molecule has 0 unspecified atom stereocenters. The fraction of sp³-hybridized carbons (Fsp3) is 0.643. The molecule has 1 aromatic rings. The summed E-state index contributed by atoms with van der Waals surface area (Å²) in [4.78, 5) is 20.3. The summed E-state index contributed by atoms with van der Waals surface area (Å²) in [6.07, 6.45) is 4.66. The Kier molecular flexibility index (Phi) is 5.81. The lowest BCUT2D eigenvalue weighted by atomic mass is 10.3. The van der Waals surface area contributed by atoms with Gasteiger partial charge in [-0.2, -0.15) is 5.10 Å². The van der Waals surface area contributed by atoms with Crippen LogP contribution >= 0.6 is 0 Å². The number of nitrogens with one attached hydrogen (secondary N) is 1. The molecule has 0 atom stereocenters. The zero-order valence-corrected chi connectivity index (χ0v) is 15.1. The molecule has 10 heteroatoms. The second kappa shape index (κ2) is 7.65. The normalized spacial score (nSPS) is 16.6. The highest BCUT2D eigenvalue weighted by molar-refractivity contribution is 7.90. The minimum atomic E-state index is -3.06. The molecule has 1 amide bonds. The molecule has 9 nitrogen and oxygen atoms in total. The van der Waals surface area contributed by atoms with E-state index in [1.54, 1.807) is 22.0 Å². The number of carbonyl (C=O) groups is 1. The molecule has 1 saturated heterocycles. The standard InChI is InChI=1S/C14H24N6O3S/c1-4-15-14(16-5-8-24(3,22)23)19-6-7-20(13(21)11-19)12-9-17-18(2)10-12/h9-10H,4-8,11H2,1-3H3,(H,15,16). The van der Waals surface area contributed by atoms with Crippen molar-refractivity contribution in [2.75, 3.05) is 49.6 Å². The third kappa shape index (κ3) is 4.95. The van der Waals surface area contributed by atoms with Crippen molar-refractivity contribution in [1.82, 2.24) is 20.0 Å². The first-order chi connectivity index (χ1) is 11.3. The molecule has 2 rings (SSSR count). The van der Waals surface area contributed by atoms with Gasteiger partial charge in [0.1, 0.15) is 16.4 Å². The molecule has 2 heterocycles. The minimum Gasteiger partial charge on any atom is -0.357 e. The number of hydrogen-bond donors (Lipinski definition) is 1. The van der Waals surface area contributed by atoms with Gasteiger partial charge in [0, 0.05) is 39.1 Å². The topological polar surface area (TPSA) is 99.9 Å². The van der Waals surface area contributed by atoms with Crippen LogP contribution in [0.5, 0.6) is 0 Å². The quantitative estimate of drug-likeness (QED) is 0.541.